The third kappa shape index (κ3) is 11.1. The van der Waals surface area contributed by atoms with E-state index in [4.69, 9.17) is 10.5 Å². The van der Waals surface area contributed by atoms with Crippen LogP contribution in [-0.4, -0.2) is 30.5 Å². The van der Waals surface area contributed by atoms with Crippen molar-refractivity contribution in [1.29, 1.82) is 0 Å². The first-order chi connectivity index (χ1) is 10.6. The second kappa shape index (κ2) is 13.3. The number of ether oxygens (including phenoxy) is 1. The van der Waals surface area contributed by atoms with Crippen molar-refractivity contribution in [2.24, 2.45) is 10.7 Å². The highest BCUT2D eigenvalue weighted by atomic mass is 127. The SMILES string of the molecule is CCCCCCNC(N)=NCc1ccnc(OCC(F)F)c1.I. The molecule has 0 saturated carbocycles. The number of pyridine rings is 1. The third-order valence-electron chi connectivity index (χ3n) is 2.92. The molecule has 0 aliphatic rings. The van der Waals surface area contributed by atoms with Crippen LogP contribution in [0.3, 0.4) is 0 Å². The Kier molecular flexibility index (Phi) is 12.6. The molecule has 1 aromatic rings. The van der Waals surface area contributed by atoms with Gasteiger partial charge >= 0.3 is 0 Å². The van der Waals surface area contributed by atoms with E-state index in [0.29, 0.717) is 12.5 Å². The lowest BCUT2D eigenvalue weighted by atomic mass is 10.2. The van der Waals surface area contributed by atoms with E-state index in [0.717, 1.165) is 18.5 Å². The van der Waals surface area contributed by atoms with Gasteiger partial charge < -0.3 is 15.8 Å². The Bertz CT molecular complexity index is 461. The van der Waals surface area contributed by atoms with Crippen LogP contribution in [0.1, 0.15) is 38.2 Å². The van der Waals surface area contributed by atoms with E-state index in [-0.39, 0.29) is 29.9 Å². The summed E-state index contributed by atoms with van der Waals surface area (Å²) in [5, 5.41) is 3.05. The first kappa shape index (κ1) is 21.8. The molecule has 1 rings (SSSR count). The van der Waals surface area contributed by atoms with Gasteiger partial charge in [-0.1, -0.05) is 26.2 Å². The summed E-state index contributed by atoms with van der Waals surface area (Å²) in [5.41, 5.74) is 6.57. The molecule has 0 radical (unpaired) electrons. The molecule has 8 heteroatoms. The smallest absolute Gasteiger partial charge is 0.272 e. The number of nitrogens with two attached hydrogens (primary N) is 1. The minimum absolute atomic E-state index is 0. The van der Waals surface area contributed by atoms with Crippen LogP contribution in [0.4, 0.5) is 8.78 Å². The van der Waals surface area contributed by atoms with Gasteiger partial charge in [0.05, 0.1) is 6.54 Å². The van der Waals surface area contributed by atoms with E-state index in [1.807, 2.05) is 0 Å². The Balaban J connectivity index is 0.00000484. The molecule has 5 nitrogen and oxygen atoms in total. The standard InChI is InChI=1S/C15H24F2N4O.HI/c1-2-3-4-5-7-20-15(18)21-10-12-6-8-19-14(9-12)22-11-13(16)17;/h6,8-9,13H,2-5,7,10-11H2,1H3,(H3,18,20,21);1H. The van der Waals surface area contributed by atoms with Gasteiger partial charge in [0.2, 0.25) is 5.88 Å². The summed E-state index contributed by atoms with van der Waals surface area (Å²) in [7, 11) is 0. The number of rotatable bonds is 10. The number of hydrogen-bond acceptors (Lipinski definition) is 3. The fourth-order valence-corrected chi connectivity index (χ4v) is 1.78. The molecule has 0 amide bonds. The zero-order valence-corrected chi connectivity index (χ0v) is 15.6. The molecule has 0 aromatic carbocycles. The molecule has 0 spiro atoms. The minimum atomic E-state index is -2.52. The lowest BCUT2D eigenvalue weighted by Crippen LogP contribution is -2.32. The molecule has 0 fully saturated rings. The number of guanidine groups is 1. The van der Waals surface area contributed by atoms with Crippen molar-refractivity contribution in [2.45, 2.75) is 45.6 Å². The maximum absolute atomic E-state index is 12.1. The molecule has 1 heterocycles. The monoisotopic (exact) mass is 442 g/mol. The molecule has 0 atom stereocenters. The number of alkyl halides is 2. The van der Waals surface area contributed by atoms with Crippen LogP contribution in [0.25, 0.3) is 0 Å². The van der Waals surface area contributed by atoms with Gasteiger partial charge in [0.15, 0.2) is 12.6 Å². The summed E-state index contributed by atoms with van der Waals surface area (Å²) < 4.78 is 29.0. The first-order valence-electron chi connectivity index (χ1n) is 7.51. The summed E-state index contributed by atoms with van der Waals surface area (Å²) in [6.45, 7) is 2.65. The van der Waals surface area contributed by atoms with Crippen LogP contribution in [0.5, 0.6) is 5.88 Å². The Morgan fingerprint density at radius 2 is 2.17 bits per heavy atom. The van der Waals surface area contributed by atoms with Crippen LogP contribution >= 0.6 is 24.0 Å². The zero-order chi connectivity index (χ0) is 16.2. The predicted molar refractivity (Wildman–Crippen MR) is 98.6 cm³/mol. The number of hydrogen-bond donors (Lipinski definition) is 2. The molecule has 0 aliphatic carbocycles. The van der Waals surface area contributed by atoms with E-state index in [1.54, 1.807) is 12.1 Å². The number of nitrogens with zero attached hydrogens (tertiary/aromatic N) is 2. The van der Waals surface area contributed by atoms with E-state index in [9.17, 15) is 8.78 Å². The number of aromatic nitrogens is 1. The maximum atomic E-state index is 12.1. The third-order valence-corrected chi connectivity index (χ3v) is 2.92. The average molecular weight is 442 g/mol. The first-order valence-corrected chi connectivity index (χ1v) is 7.51. The lowest BCUT2D eigenvalue weighted by molar-refractivity contribution is 0.0795. The highest BCUT2D eigenvalue weighted by molar-refractivity contribution is 14.0. The Hall–Kier alpha value is -1.19. The van der Waals surface area contributed by atoms with Gasteiger partial charge in [-0.3, -0.25) is 0 Å². The van der Waals surface area contributed by atoms with Gasteiger partial charge in [-0.05, 0) is 18.1 Å². The summed E-state index contributed by atoms with van der Waals surface area (Å²) in [6, 6.07) is 3.33. The van der Waals surface area contributed by atoms with Crippen LogP contribution in [0.15, 0.2) is 23.3 Å². The Labute approximate surface area is 153 Å². The van der Waals surface area contributed by atoms with Crippen LogP contribution < -0.4 is 15.8 Å². The van der Waals surface area contributed by atoms with Crippen LogP contribution in [0, 0.1) is 0 Å². The molecule has 0 bridgehead atoms. The number of halogens is 3. The normalized spacial score (nSPS) is 11.2. The molecule has 23 heavy (non-hydrogen) atoms. The molecule has 0 aliphatic heterocycles. The second-order valence-electron chi connectivity index (χ2n) is 4.89. The summed E-state index contributed by atoms with van der Waals surface area (Å²) in [6.07, 6.45) is 3.63. The minimum Gasteiger partial charge on any atom is -0.472 e. The fourth-order valence-electron chi connectivity index (χ4n) is 1.78. The van der Waals surface area contributed by atoms with Crippen molar-refractivity contribution in [3.05, 3.63) is 23.9 Å². The molecule has 0 unspecified atom stereocenters. The number of unbranched alkanes of at least 4 members (excludes halogenated alkanes) is 3. The van der Waals surface area contributed by atoms with E-state index < -0.39 is 13.0 Å². The van der Waals surface area contributed by atoms with Gasteiger partial charge in [0.1, 0.15) is 0 Å². The highest BCUT2D eigenvalue weighted by Crippen LogP contribution is 2.11. The lowest BCUT2D eigenvalue weighted by Gasteiger charge is -2.07. The Morgan fingerprint density at radius 1 is 1.39 bits per heavy atom. The van der Waals surface area contributed by atoms with Crippen LogP contribution in [-0.2, 0) is 6.54 Å². The molecular formula is C15H25F2IN4O. The molecule has 132 valence electrons. The molecule has 3 N–H and O–H groups in total. The molecular weight excluding hydrogens is 417 g/mol. The van der Waals surface area contributed by atoms with Crippen molar-refractivity contribution in [1.82, 2.24) is 10.3 Å². The number of nitrogens with one attached hydrogen (secondary N) is 1. The second-order valence-corrected chi connectivity index (χ2v) is 4.89. The summed E-state index contributed by atoms with van der Waals surface area (Å²) >= 11 is 0. The van der Waals surface area contributed by atoms with E-state index in [1.165, 1.54) is 25.5 Å². The Morgan fingerprint density at radius 3 is 2.87 bits per heavy atom. The number of aliphatic imine (C=N–C) groups is 1. The van der Waals surface area contributed by atoms with Crippen molar-refractivity contribution < 1.29 is 13.5 Å². The summed E-state index contributed by atoms with van der Waals surface area (Å²) in [4.78, 5) is 8.07. The molecule has 0 saturated heterocycles. The van der Waals surface area contributed by atoms with Crippen molar-refractivity contribution in [2.75, 3.05) is 13.2 Å². The molecule has 1 aromatic heterocycles. The quantitative estimate of drug-likeness (QED) is 0.253. The van der Waals surface area contributed by atoms with E-state index >= 15 is 0 Å². The summed E-state index contributed by atoms with van der Waals surface area (Å²) in [5.74, 6) is 0.544. The van der Waals surface area contributed by atoms with E-state index in [2.05, 4.69) is 22.2 Å². The highest BCUT2D eigenvalue weighted by Gasteiger charge is 2.05. The van der Waals surface area contributed by atoms with Gasteiger partial charge in [-0.15, -0.1) is 24.0 Å². The van der Waals surface area contributed by atoms with Gasteiger partial charge in [-0.2, -0.15) is 0 Å². The van der Waals surface area contributed by atoms with Gasteiger partial charge in [0.25, 0.3) is 6.43 Å². The largest absolute Gasteiger partial charge is 0.472 e. The average Bonchev–Trinajstić information content (AvgIpc) is 2.51. The van der Waals surface area contributed by atoms with Gasteiger partial charge in [0, 0.05) is 18.8 Å². The fraction of sp³-hybridized carbons (Fsp3) is 0.600. The predicted octanol–water partition coefficient (Wildman–Crippen LogP) is 3.33. The van der Waals surface area contributed by atoms with Gasteiger partial charge in [-0.25, -0.2) is 18.8 Å². The van der Waals surface area contributed by atoms with Crippen molar-refractivity contribution >= 4 is 29.9 Å². The van der Waals surface area contributed by atoms with Crippen molar-refractivity contribution in [3.8, 4) is 5.88 Å². The van der Waals surface area contributed by atoms with Crippen molar-refractivity contribution in [3.63, 3.8) is 0 Å². The topological polar surface area (TPSA) is 72.5 Å². The maximum Gasteiger partial charge on any atom is 0.272 e. The van der Waals surface area contributed by atoms with Crippen LogP contribution in [0.2, 0.25) is 0 Å². The zero-order valence-electron chi connectivity index (χ0n) is 13.3.